The molecule has 1 aromatic rings. The van der Waals surface area contributed by atoms with Crippen molar-refractivity contribution in [1.82, 2.24) is 0 Å². The van der Waals surface area contributed by atoms with Crippen molar-refractivity contribution < 1.29 is 17.2 Å². The third kappa shape index (κ3) is 3.36. The molecule has 0 aliphatic carbocycles. The molecule has 0 saturated heterocycles. The number of halogens is 3. The predicted octanol–water partition coefficient (Wildman–Crippen LogP) is 3.14. The Balaban J connectivity index is 3.08. The Labute approximate surface area is 117 Å². The second-order valence-corrected chi connectivity index (χ2v) is 6.99. The number of hydrogen-bond donors (Lipinski definition) is 0. The van der Waals surface area contributed by atoms with Crippen molar-refractivity contribution >= 4 is 27.1 Å². The van der Waals surface area contributed by atoms with Gasteiger partial charge in [-0.1, -0.05) is 0 Å². The van der Waals surface area contributed by atoms with Crippen LogP contribution in [0.25, 0.3) is 0 Å². The Morgan fingerprint density at radius 1 is 1.26 bits per heavy atom. The van der Waals surface area contributed by atoms with Gasteiger partial charge in [0.1, 0.15) is 0 Å². The maximum Gasteiger partial charge on any atom is 0.341 e. The summed E-state index contributed by atoms with van der Waals surface area (Å²) in [6, 6.07) is 5.34. The van der Waals surface area contributed by atoms with Gasteiger partial charge in [-0.3, -0.25) is 0 Å². The second kappa shape index (κ2) is 5.63. The minimum absolute atomic E-state index is 0.329. The van der Waals surface area contributed by atoms with E-state index >= 15 is 0 Å². The molecule has 0 radical (unpaired) electrons. The van der Waals surface area contributed by atoms with Crippen LogP contribution in [0.3, 0.4) is 0 Å². The van der Waals surface area contributed by atoms with Gasteiger partial charge in [0.2, 0.25) is 9.84 Å². The molecule has 1 aromatic carbocycles. The van der Waals surface area contributed by atoms with Crippen LogP contribution in [0.2, 0.25) is 0 Å². The molecule has 0 fully saturated rings. The van der Waals surface area contributed by atoms with Crippen molar-refractivity contribution in [2.75, 3.05) is 17.8 Å². The summed E-state index contributed by atoms with van der Waals surface area (Å²) in [5, 5.41) is 0. The molecule has 0 unspecified atom stereocenters. The lowest BCUT2D eigenvalue weighted by atomic mass is 10.1. The topological polar surface area (TPSA) is 37.4 Å². The standard InChI is InChI=1S/C12H16ClF2NO2S/c1-12(2,8-13)16(3)9-4-6-10(7-5-9)19(17,18)11(14)15/h4-7,11H,8H2,1-3H3. The maximum atomic E-state index is 12.4. The van der Waals surface area contributed by atoms with Gasteiger partial charge in [-0.2, -0.15) is 8.78 Å². The van der Waals surface area contributed by atoms with Gasteiger partial charge >= 0.3 is 5.76 Å². The van der Waals surface area contributed by atoms with Crippen LogP contribution in [-0.2, 0) is 9.84 Å². The van der Waals surface area contributed by atoms with Crippen LogP contribution in [0.1, 0.15) is 13.8 Å². The Morgan fingerprint density at radius 3 is 2.11 bits per heavy atom. The van der Waals surface area contributed by atoms with E-state index in [2.05, 4.69) is 0 Å². The summed E-state index contributed by atoms with van der Waals surface area (Å²) in [6.07, 6.45) is 0. The number of anilines is 1. The van der Waals surface area contributed by atoms with Crippen molar-refractivity contribution in [1.29, 1.82) is 0 Å². The zero-order valence-electron chi connectivity index (χ0n) is 10.9. The lowest BCUT2D eigenvalue weighted by Gasteiger charge is -2.35. The van der Waals surface area contributed by atoms with Crippen LogP contribution in [0, 0.1) is 0 Å². The molecular formula is C12H16ClF2NO2S. The molecule has 0 amide bonds. The van der Waals surface area contributed by atoms with Gasteiger partial charge in [0.05, 0.1) is 4.90 Å². The van der Waals surface area contributed by atoms with E-state index in [1.807, 2.05) is 18.7 Å². The molecule has 0 aromatic heterocycles. The van der Waals surface area contributed by atoms with Crippen molar-refractivity contribution in [3.63, 3.8) is 0 Å². The predicted molar refractivity (Wildman–Crippen MR) is 72.8 cm³/mol. The number of hydrogen-bond acceptors (Lipinski definition) is 3. The highest BCUT2D eigenvalue weighted by atomic mass is 35.5. The number of alkyl halides is 3. The SMILES string of the molecule is CN(c1ccc(S(=O)(=O)C(F)F)cc1)C(C)(C)CCl. The quantitative estimate of drug-likeness (QED) is 0.784. The normalized spacial score (nSPS) is 12.8. The van der Waals surface area contributed by atoms with E-state index in [-0.39, 0.29) is 10.4 Å². The highest BCUT2D eigenvalue weighted by Crippen LogP contribution is 2.26. The fourth-order valence-corrected chi connectivity index (χ4v) is 2.30. The minimum atomic E-state index is -4.54. The summed E-state index contributed by atoms with van der Waals surface area (Å²) >= 11 is 5.85. The van der Waals surface area contributed by atoms with E-state index < -0.39 is 15.6 Å². The highest BCUT2D eigenvalue weighted by molar-refractivity contribution is 7.91. The van der Waals surface area contributed by atoms with E-state index in [0.29, 0.717) is 11.6 Å². The van der Waals surface area contributed by atoms with Gasteiger partial charge in [-0.15, -0.1) is 11.6 Å². The number of nitrogens with zero attached hydrogens (tertiary/aromatic N) is 1. The maximum absolute atomic E-state index is 12.4. The fourth-order valence-electron chi connectivity index (χ4n) is 1.40. The summed E-state index contributed by atoms with van der Waals surface area (Å²) in [5.74, 6) is -3.03. The van der Waals surface area contributed by atoms with Gasteiger partial charge in [0, 0.05) is 24.2 Å². The molecule has 7 heteroatoms. The largest absolute Gasteiger partial charge is 0.368 e. The number of rotatable bonds is 5. The molecular weight excluding hydrogens is 296 g/mol. The Bertz CT molecular complexity index is 529. The lowest BCUT2D eigenvalue weighted by molar-refractivity contribution is 0.234. The van der Waals surface area contributed by atoms with Gasteiger partial charge < -0.3 is 4.90 Å². The minimum Gasteiger partial charge on any atom is -0.368 e. The monoisotopic (exact) mass is 311 g/mol. The highest BCUT2D eigenvalue weighted by Gasteiger charge is 2.27. The molecule has 108 valence electrons. The van der Waals surface area contributed by atoms with Crippen molar-refractivity contribution in [2.45, 2.75) is 30.0 Å². The molecule has 0 N–H and O–H groups in total. The molecule has 1 rings (SSSR count). The lowest BCUT2D eigenvalue weighted by Crippen LogP contribution is -2.42. The van der Waals surface area contributed by atoms with Gasteiger partial charge in [-0.05, 0) is 38.1 Å². The van der Waals surface area contributed by atoms with Crippen LogP contribution < -0.4 is 4.90 Å². The van der Waals surface area contributed by atoms with Crippen molar-refractivity contribution in [2.24, 2.45) is 0 Å². The van der Waals surface area contributed by atoms with Gasteiger partial charge in [-0.25, -0.2) is 8.42 Å². The van der Waals surface area contributed by atoms with E-state index in [1.165, 1.54) is 24.3 Å². The molecule has 0 spiro atoms. The molecule has 3 nitrogen and oxygen atoms in total. The van der Waals surface area contributed by atoms with Crippen LogP contribution >= 0.6 is 11.6 Å². The van der Waals surface area contributed by atoms with Gasteiger partial charge in [0.25, 0.3) is 0 Å². The average molecular weight is 312 g/mol. The van der Waals surface area contributed by atoms with E-state index in [1.54, 1.807) is 7.05 Å². The third-order valence-electron chi connectivity index (χ3n) is 3.02. The summed E-state index contributed by atoms with van der Waals surface area (Å²) in [4.78, 5) is 1.47. The van der Waals surface area contributed by atoms with Crippen LogP contribution in [0.15, 0.2) is 29.2 Å². The first-order valence-corrected chi connectivity index (χ1v) is 7.63. The zero-order valence-corrected chi connectivity index (χ0v) is 12.5. The van der Waals surface area contributed by atoms with Crippen LogP contribution in [0.4, 0.5) is 14.5 Å². The Hall–Kier alpha value is -0.880. The molecule has 0 heterocycles. The molecule has 0 saturated carbocycles. The third-order valence-corrected chi connectivity index (χ3v) is 5.07. The second-order valence-electron chi connectivity index (χ2n) is 4.80. The van der Waals surface area contributed by atoms with Crippen molar-refractivity contribution in [3.8, 4) is 0 Å². The summed E-state index contributed by atoms with van der Waals surface area (Å²) < 4.78 is 47.3. The summed E-state index contributed by atoms with van der Waals surface area (Å²) in [5.41, 5.74) is 0.379. The Morgan fingerprint density at radius 2 is 1.74 bits per heavy atom. The van der Waals surface area contributed by atoms with E-state index in [9.17, 15) is 17.2 Å². The van der Waals surface area contributed by atoms with Gasteiger partial charge in [0.15, 0.2) is 0 Å². The molecule has 0 atom stereocenters. The first-order valence-electron chi connectivity index (χ1n) is 5.55. The molecule has 0 aliphatic rings. The fraction of sp³-hybridized carbons (Fsp3) is 0.500. The first-order chi connectivity index (χ1) is 8.63. The summed E-state index contributed by atoms with van der Waals surface area (Å²) in [6.45, 7) is 3.84. The van der Waals surface area contributed by atoms with E-state index in [4.69, 9.17) is 11.6 Å². The van der Waals surface area contributed by atoms with Crippen LogP contribution in [0.5, 0.6) is 0 Å². The molecule has 0 aliphatic heterocycles. The summed E-state index contributed by atoms with van der Waals surface area (Å²) in [7, 11) is -2.73. The first kappa shape index (κ1) is 16.2. The smallest absolute Gasteiger partial charge is 0.341 e. The van der Waals surface area contributed by atoms with Crippen LogP contribution in [-0.4, -0.2) is 32.6 Å². The average Bonchev–Trinajstić information content (AvgIpc) is 2.37. The molecule has 19 heavy (non-hydrogen) atoms. The number of benzene rings is 1. The zero-order chi connectivity index (χ0) is 14.8. The number of sulfone groups is 1. The van der Waals surface area contributed by atoms with E-state index in [0.717, 1.165) is 0 Å². The van der Waals surface area contributed by atoms with Crippen molar-refractivity contribution in [3.05, 3.63) is 24.3 Å². The Kier molecular flexibility index (Phi) is 4.79. The molecule has 0 bridgehead atoms.